The zero-order valence-electron chi connectivity index (χ0n) is 16.5. The van der Waals surface area contributed by atoms with Crippen LogP contribution in [0, 0.1) is 5.92 Å². The van der Waals surface area contributed by atoms with Gasteiger partial charge in [0.1, 0.15) is 23.7 Å². The van der Waals surface area contributed by atoms with Crippen molar-refractivity contribution in [1.82, 2.24) is 9.97 Å². The number of fused-ring (bicyclic) bond motifs is 3. The van der Waals surface area contributed by atoms with Gasteiger partial charge in [0, 0.05) is 16.9 Å². The van der Waals surface area contributed by atoms with Gasteiger partial charge < -0.3 is 14.7 Å². The molecular formula is C23H26N3O2+. The number of aromatic nitrogens is 2. The minimum atomic E-state index is -0.224. The van der Waals surface area contributed by atoms with E-state index in [4.69, 9.17) is 9.40 Å². The quantitative estimate of drug-likeness (QED) is 0.539. The average molecular weight is 376 g/mol. The summed E-state index contributed by atoms with van der Waals surface area (Å²) in [5.74, 6) is 1.12. The van der Waals surface area contributed by atoms with Crippen molar-refractivity contribution in [2.75, 3.05) is 0 Å². The SMILES string of the molecule is CCc1ccc([C@@H]([NH2+]Cc2nc3c(oc4ccccc43)c(=O)[nH]2)C(C)C)cc1. The van der Waals surface area contributed by atoms with Crippen LogP contribution in [0.25, 0.3) is 22.1 Å². The molecule has 0 saturated heterocycles. The summed E-state index contributed by atoms with van der Waals surface area (Å²) < 4.78 is 5.68. The molecule has 28 heavy (non-hydrogen) atoms. The fourth-order valence-corrected chi connectivity index (χ4v) is 3.75. The molecule has 0 aliphatic heterocycles. The van der Waals surface area contributed by atoms with Crippen molar-refractivity contribution in [1.29, 1.82) is 0 Å². The van der Waals surface area contributed by atoms with Gasteiger partial charge in [0.2, 0.25) is 5.58 Å². The van der Waals surface area contributed by atoms with Gasteiger partial charge in [-0.15, -0.1) is 0 Å². The van der Waals surface area contributed by atoms with E-state index in [0.717, 1.165) is 11.8 Å². The molecule has 0 aliphatic carbocycles. The number of nitrogens with zero attached hydrogens (tertiary/aromatic N) is 1. The summed E-state index contributed by atoms with van der Waals surface area (Å²) in [6.45, 7) is 7.21. The van der Waals surface area contributed by atoms with Crippen molar-refractivity contribution in [2.45, 2.75) is 39.8 Å². The summed E-state index contributed by atoms with van der Waals surface area (Å²) in [4.78, 5) is 20.1. The van der Waals surface area contributed by atoms with E-state index >= 15 is 0 Å². The van der Waals surface area contributed by atoms with Crippen LogP contribution in [0.5, 0.6) is 0 Å². The standard InChI is InChI=1S/C23H25N3O2/c1-4-15-9-11-16(12-10-15)20(14(2)3)24-13-19-25-21-17-7-5-6-8-18(17)28-22(21)23(27)26-19/h5-12,14,20,24H,4,13H2,1-3H3,(H,25,26,27)/p+1/t20-/m0/s1. The Bertz CT molecular complexity index is 1160. The lowest BCUT2D eigenvalue weighted by atomic mass is 9.95. The maximum atomic E-state index is 12.5. The van der Waals surface area contributed by atoms with Crippen LogP contribution in [0.1, 0.15) is 43.8 Å². The number of aryl methyl sites for hydroxylation is 1. The van der Waals surface area contributed by atoms with Crippen LogP contribution in [-0.4, -0.2) is 9.97 Å². The second kappa shape index (κ2) is 7.60. The predicted octanol–water partition coefficient (Wildman–Crippen LogP) is 3.69. The maximum absolute atomic E-state index is 12.5. The molecule has 5 heteroatoms. The Kier molecular flexibility index (Phi) is 5.01. The van der Waals surface area contributed by atoms with Crippen LogP contribution in [0.4, 0.5) is 0 Å². The molecule has 3 N–H and O–H groups in total. The molecule has 2 heterocycles. The molecule has 0 radical (unpaired) electrons. The van der Waals surface area contributed by atoms with E-state index in [0.29, 0.717) is 41.0 Å². The average Bonchev–Trinajstić information content (AvgIpc) is 3.08. The van der Waals surface area contributed by atoms with E-state index < -0.39 is 0 Å². The van der Waals surface area contributed by atoms with E-state index in [2.05, 4.69) is 55.3 Å². The van der Waals surface area contributed by atoms with Gasteiger partial charge in [-0.2, -0.15) is 0 Å². The Hall–Kier alpha value is -2.92. The van der Waals surface area contributed by atoms with Crippen LogP contribution in [0.3, 0.4) is 0 Å². The minimum Gasteiger partial charge on any atom is -0.449 e. The smallest absolute Gasteiger partial charge is 0.294 e. The van der Waals surface area contributed by atoms with Crippen molar-refractivity contribution in [3.05, 3.63) is 75.8 Å². The lowest BCUT2D eigenvalue weighted by Gasteiger charge is -2.19. The summed E-state index contributed by atoms with van der Waals surface area (Å²) in [6, 6.07) is 16.7. The van der Waals surface area contributed by atoms with Gasteiger partial charge >= 0.3 is 0 Å². The molecule has 0 fully saturated rings. The Labute approximate surface area is 163 Å². The number of para-hydroxylation sites is 1. The number of nitrogens with one attached hydrogen (secondary N) is 1. The lowest BCUT2D eigenvalue weighted by molar-refractivity contribution is -0.718. The molecule has 4 rings (SSSR count). The monoisotopic (exact) mass is 376 g/mol. The van der Waals surface area contributed by atoms with E-state index in [9.17, 15) is 4.79 Å². The van der Waals surface area contributed by atoms with Crippen LogP contribution in [0.2, 0.25) is 0 Å². The highest BCUT2D eigenvalue weighted by Crippen LogP contribution is 2.24. The number of aromatic amines is 1. The summed E-state index contributed by atoms with van der Waals surface area (Å²) in [5.41, 5.74) is 4.03. The third-order valence-electron chi connectivity index (χ3n) is 5.34. The molecule has 0 spiro atoms. The highest BCUT2D eigenvalue weighted by atomic mass is 16.3. The number of benzene rings is 2. The van der Waals surface area contributed by atoms with Gasteiger partial charge in [-0.05, 0) is 24.1 Å². The molecule has 5 nitrogen and oxygen atoms in total. The number of hydrogen-bond donors (Lipinski definition) is 2. The predicted molar refractivity (Wildman–Crippen MR) is 111 cm³/mol. The first-order chi connectivity index (χ1) is 13.6. The Morgan fingerprint density at radius 1 is 1.11 bits per heavy atom. The number of quaternary nitrogens is 1. The first-order valence-electron chi connectivity index (χ1n) is 9.89. The molecule has 0 amide bonds. The van der Waals surface area contributed by atoms with Gasteiger partial charge in [0.25, 0.3) is 5.56 Å². The van der Waals surface area contributed by atoms with Gasteiger partial charge in [0.15, 0.2) is 5.82 Å². The first-order valence-corrected chi connectivity index (χ1v) is 9.89. The minimum absolute atomic E-state index is 0.224. The number of nitrogens with two attached hydrogens (primary N) is 1. The van der Waals surface area contributed by atoms with E-state index in [1.165, 1.54) is 11.1 Å². The molecule has 0 unspecified atom stereocenters. The maximum Gasteiger partial charge on any atom is 0.294 e. The van der Waals surface area contributed by atoms with Crippen molar-refractivity contribution < 1.29 is 9.73 Å². The van der Waals surface area contributed by atoms with E-state index in [1.54, 1.807) is 0 Å². The Morgan fingerprint density at radius 2 is 1.86 bits per heavy atom. The van der Waals surface area contributed by atoms with Crippen molar-refractivity contribution in [3.8, 4) is 0 Å². The van der Waals surface area contributed by atoms with Crippen LogP contribution in [0.15, 0.2) is 57.7 Å². The summed E-state index contributed by atoms with van der Waals surface area (Å²) in [6.07, 6.45) is 1.04. The molecule has 2 aromatic heterocycles. The zero-order chi connectivity index (χ0) is 19.7. The van der Waals surface area contributed by atoms with Crippen LogP contribution < -0.4 is 10.9 Å². The third-order valence-corrected chi connectivity index (χ3v) is 5.34. The van der Waals surface area contributed by atoms with Gasteiger partial charge in [-0.1, -0.05) is 57.2 Å². The highest BCUT2D eigenvalue weighted by Gasteiger charge is 2.20. The molecule has 0 bridgehead atoms. The first kappa shape index (κ1) is 18.4. The van der Waals surface area contributed by atoms with Crippen molar-refractivity contribution in [2.24, 2.45) is 5.92 Å². The largest absolute Gasteiger partial charge is 0.449 e. The number of rotatable bonds is 6. The molecule has 0 saturated carbocycles. The van der Waals surface area contributed by atoms with Gasteiger partial charge in [-0.3, -0.25) is 4.79 Å². The molecule has 0 aliphatic rings. The summed E-state index contributed by atoms with van der Waals surface area (Å²) in [7, 11) is 0. The fourth-order valence-electron chi connectivity index (χ4n) is 3.75. The number of hydrogen-bond acceptors (Lipinski definition) is 3. The highest BCUT2D eigenvalue weighted by molar-refractivity contribution is 6.01. The van der Waals surface area contributed by atoms with Gasteiger partial charge in [0.05, 0.1) is 0 Å². The normalized spacial score (nSPS) is 12.9. The summed E-state index contributed by atoms with van der Waals surface area (Å²) >= 11 is 0. The van der Waals surface area contributed by atoms with Crippen LogP contribution in [-0.2, 0) is 13.0 Å². The Morgan fingerprint density at radius 3 is 2.57 bits per heavy atom. The second-order valence-corrected chi connectivity index (χ2v) is 7.59. The van der Waals surface area contributed by atoms with Crippen molar-refractivity contribution in [3.63, 3.8) is 0 Å². The van der Waals surface area contributed by atoms with Gasteiger partial charge in [-0.25, -0.2) is 4.98 Å². The molecule has 4 aromatic rings. The molecule has 1 atom stereocenters. The molecule has 2 aromatic carbocycles. The number of furan rings is 1. The Balaban J connectivity index is 1.62. The molecule has 144 valence electrons. The summed E-state index contributed by atoms with van der Waals surface area (Å²) in [5, 5.41) is 3.12. The zero-order valence-corrected chi connectivity index (χ0v) is 16.5. The lowest BCUT2D eigenvalue weighted by Crippen LogP contribution is -2.85. The van der Waals surface area contributed by atoms with Crippen molar-refractivity contribution >= 4 is 22.1 Å². The molecular weight excluding hydrogens is 350 g/mol. The van der Waals surface area contributed by atoms with E-state index in [1.807, 2.05) is 24.3 Å². The fraction of sp³-hybridized carbons (Fsp3) is 0.304. The topological polar surface area (TPSA) is 75.5 Å². The number of H-pyrrole nitrogens is 1. The van der Waals surface area contributed by atoms with E-state index in [-0.39, 0.29) is 5.56 Å². The third kappa shape index (κ3) is 3.45. The van der Waals surface area contributed by atoms with Crippen LogP contribution >= 0.6 is 0 Å². The second-order valence-electron chi connectivity index (χ2n) is 7.59.